The molecule has 1 aromatic rings. The Morgan fingerprint density at radius 1 is 1.17 bits per heavy atom. The Labute approximate surface area is 105 Å². The third kappa shape index (κ3) is 5.40. The summed E-state index contributed by atoms with van der Waals surface area (Å²) >= 11 is 0. The molecule has 0 aromatic heterocycles. The van der Waals surface area contributed by atoms with Gasteiger partial charge >= 0.3 is 6.18 Å². The van der Waals surface area contributed by atoms with Gasteiger partial charge in [0.15, 0.2) is 0 Å². The standard InChI is InChI=1S/C13H18F3NO/c1-9(2)18-11-5-3-10(4-6-11)12(17)7-8-13(14,15)16/h3-6,9,12H,7-8,17H2,1-2H3/t12-/m0/s1. The van der Waals surface area contributed by atoms with Crippen LogP contribution < -0.4 is 10.5 Å². The SMILES string of the molecule is CC(C)Oc1ccc([C@@H](N)CCC(F)(F)F)cc1. The number of halogens is 3. The van der Waals surface area contributed by atoms with Crippen LogP contribution in [0.5, 0.6) is 5.75 Å². The quantitative estimate of drug-likeness (QED) is 0.874. The lowest BCUT2D eigenvalue weighted by Gasteiger charge is -2.15. The highest BCUT2D eigenvalue weighted by atomic mass is 19.4. The highest BCUT2D eigenvalue weighted by Gasteiger charge is 2.27. The maximum absolute atomic E-state index is 12.1. The van der Waals surface area contributed by atoms with E-state index >= 15 is 0 Å². The van der Waals surface area contributed by atoms with E-state index in [0.717, 1.165) is 0 Å². The van der Waals surface area contributed by atoms with Gasteiger partial charge in [-0.2, -0.15) is 13.2 Å². The third-order valence-corrected chi connectivity index (χ3v) is 2.42. The van der Waals surface area contributed by atoms with Crippen LogP contribution in [0.2, 0.25) is 0 Å². The molecular formula is C13H18F3NO. The van der Waals surface area contributed by atoms with Crippen LogP contribution in [-0.2, 0) is 0 Å². The number of alkyl halides is 3. The predicted octanol–water partition coefficient (Wildman–Crippen LogP) is 3.82. The van der Waals surface area contributed by atoms with E-state index in [4.69, 9.17) is 10.5 Å². The van der Waals surface area contributed by atoms with Gasteiger partial charge in [-0.25, -0.2) is 0 Å². The molecule has 2 nitrogen and oxygen atoms in total. The molecule has 0 fully saturated rings. The molecule has 0 aliphatic rings. The Bertz CT molecular complexity index is 359. The summed E-state index contributed by atoms with van der Waals surface area (Å²) in [5.74, 6) is 0.691. The molecule has 1 rings (SSSR count). The van der Waals surface area contributed by atoms with Crippen molar-refractivity contribution in [1.29, 1.82) is 0 Å². The van der Waals surface area contributed by atoms with Crippen molar-refractivity contribution in [2.45, 2.75) is 45.0 Å². The van der Waals surface area contributed by atoms with E-state index in [9.17, 15) is 13.2 Å². The molecule has 102 valence electrons. The summed E-state index contributed by atoms with van der Waals surface area (Å²) < 4.78 is 41.6. The number of hydrogen-bond acceptors (Lipinski definition) is 2. The largest absolute Gasteiger partial charge is 0.491 e. The van der Waals surface area contributed by atoms with Crippen molar-refractivity contribution in [3.63, 3.8) is 0 Å². The fourth-order valence-corrected chi connectivity index (χ4v) is 1.55. The lowest BCUT2D eigenvalue weighted by molar-refractivity contribution is -0.136. The second-order valence-electron chi connectivity index (χ2n) is 4.50. The smallest absolute Gasteiger partial charge is 0.389 e. The van der Waals surface area contributed by atoms with Crippen LogP contribution in [0.3, 0.4) is 0 Å². The van der Waals surface area contributed by atoms with Gasteiger partial charge in [-0.05, 0) is 38.0 Å². The first-order chi connectivity index (χ1) is 8.28. The van der Waals surface area contributed by atoms with Crippen molar-refractivity contribution in [3.05, 3.63) is 29.8 Å². The number of benzene rings is 1. The Hall–Kier alpha value is -1.23. The summed E-state index contributed by atoms with van der Waals surface area (Å²) in [7, 11) is 0. The van der Waals surface area contributed by atoms with E-state index in [0.29, 0.717) is 11.3 Å². The molecule has 0 bridgehead atoms. The van der Waals surface area contributed by atoms with E-state index < -0.39 is 18.6 Å². The van der Waals surface area contributed by atoms with Gasteiger partial charge in [0.25, 0.3) is 0 Å². The van der Waals surface area contributed by atoms with Gasteiger partial charge in [-0.15, -0.1) is 0 Å². The molecule has 0 unspecified atom stereocenters. The molecule has 0 amide bonds. The fraction of sp³-hybridized carbons (Fsp3) is 0.538. The zero-order valence-corrected chi connectivity index (χ0v) is 10.5. The van der Waals surface area contributed by atoms with Crippen LogP contribution >= 0.6 is 0 Å². The molecule has 18 heavy (non-hydrogen) atoms. The highest BCUT2D eigenvalue weighted by Crippen LogP contribution is 2.27. The summed E-state index contributed by atoms with van der Waals surface area (Å²) in [5.41, 5.74) is 6.40. The van der Waals surface area contributed by atoms with E-state index in [1.165, 1.54) is 0 Å². The molecule has 0 saturated heterocycles. The minimum Gasteiger partial charge on any atom is -0.491 e. The second-order valence-corrected chi connectivity index (χ2v) is 4.50. The second kappa shape index (κ2) is 6.09. The van der Waals surface area contributed by atoms with Gasteiger partial charge in [0.2, 0.25) is 0 Å². The average molecular weight is 261 g/mol. The summed E-state index contributed by atoms with van der Waals surface area (Å²) in [6, 6.07) is 6.27. The first-order valence-corrected chi connectivity index (χ1v) is 5.87. The monoisotopic (exact) mass is 261 g/mol. The van der Waals surface area contributed by atoms with Crippen molar-refractivity contribution in [2.75, 3.05) is 0 Å². The molecule has 0 aliphatic heterocycles. The van der Waals surface area contributed by atoms with Crippen LogP contribution in [0.1, 0.15) is 38.3 Å². The van der Waals surface area contributed by atoms with Crippen LogP contribution in [0.4, 0.5) is 13.2 Å². The fourth-order valence-electron chi connectivity index (χ4n) is 1.55. The third-order valence-electron chi connectivity index (χ3n) is 2.42. The molecular weight excluding hydrogens is 243 g/mol. The molecule has 0 spiro atoms. The van der Waals surface area contributed by atoms with Crippen LogP contribution in [0.15, 0.2) is 24.3 Å². The van der Waals surface area contributed by atoms with Gasteiger partial charge < -0.3 is 10.5 Å². The topological polar surface area (TPSA) is 35.2 Å². The lowest BCUT2D eigenvalue weighted by atomic mass is 10.0. The van der Waals surface area contributed by atoms with Crippen molar-refractivity contribution < 1.29 is 17.9 Å². The molecule has 1 atom stereocenters. The maximum Gasteiger partial charge on any atom is 0.389 e. The maximum atomic E-state index is 12.1. The normalized spacial score (nSPS) is 13.7. The van der Waals surface area contributed by atoms with Crippen molar-refractivity contribution in [1.82, 2.24) is 0 Å². The molecule has 0 radical (unpaired) electrons. The highest BCUT2D eigenvalue weighted by molar-refractivity contribution is 5.29. The van der Waals surface area contributed by atoms with Crippen molar-refractivity contribution in [2.24, 2.45) is 5.73 Å². The first kappa shape index (κ1) is 14.8. The van der Waals surface area contributed by atoms with Gasteiger partial charge in [0.1, 0.15) is 5.75 Å². The summed E-state index contributed by atoms with van der Waals surface area (Å²) in [6.45, 7) is 3.81. The zero-order chi connectivity index (χ0) is 13.8. The predicted molar refractivity (Wildman–Crippen MR) is 64.4 cm³/mol. The molecule has 5 heteroatoms. The van der Waals surface area contributed by atoms with Gasteiger partial charge in [-0.3, -0.25) is 0 Å². The molecule has 1 aromatic carbocycles. The lowest BCUT2D eigenvalue weighted by Crippen LogP contribution is -2.15. The zero-order valence-electron chi connectivity index (χ0n) is 10.5. The number of hydrogen-bond donors (Lipinski definition) is 1. The minimum absolute atomic E-state index is 0.0646. The van der Waals surface area contributed by atoms with E-state index in [1.54, 1.807) is 24.3 Å². The average Bonchev–Trinajstić information content (AvgIpc) is 2.25. The Balaban J connectivity index is 2.56. The summed E-state index contributed by atoms with van der Waals surface area (Å²) in [6.07, 6.45) is -5.06. The van der Waals surface area contributed by atoms with Crippen molar-refractivity contribution in [3.8, 4) is 5.75 Å². The Morgan fingerprint density at radius 3 is 2.17 bits per heavy atom. The number of ether oxygens (including phenoxy) is 1. The molecule has 0 aliphatic carbocycles. The van der Waals surface area contributed by atoms with E-state index in [1.807, 2.05) is 13.8 Å². The van der Waals surface area contributed by atoms with Crippen LogP contribution in [0, 0.1) is 0 Å². The summed E-state index contributed by atoms with van der Waals surface area (Å²) in [5, 5.41) is 0. The number of nitrogens with two attached hydrogens (primary N) is 1. The molecule has 2 N–H and O–H groups in total. The van der Waals surface area contributed by atoms with Gasteiger partial charge in [0, 0.05) is 12.5 Å². The van der Waals surface area contributed by atoms with E-state index in [-0.39, 0.29) is 12.5 Å². The molecule has 0 saturated carbocycles. The van der Waals surface area contributed by atoms with E-state index in [2.05, 4.69) is 0 Å². The molecule has 0 heterocycles. The van der Waals surface area contributed by atoms with Crippen LogP contribution in [0.25, 0.3) is 0 Å². The Kier molecular flexibility index (Phi) is 5.02. The Morgan fingerprint density at radius 2 is 1.72 bits per heavy atom. The number of rotatable bonds is 5. The van der Waals surface area contributed by atoms with Crippen molar-refractivity contribution >= 4 is 0 Å². The minimum atomic E-state index is -4.15. The summed E-state index contributed by atoms with van der Waals surface area (Å²) in [4.78, 5) is 0. The first-order valence-electron chi connectivity index (χ1n) is 5.87. The van der Waals surface area contributed by atoms with Gasteiger partial charge in [0.05, 0.1) is 6.10 Å². The van der Waals surface area contributed by atoms with Gasteiger partial charge in [-0.1, -0.05) is 12.1 Å². The van der Waals surface area contributed by atoms with Crippen LogP contribution in [-0.4, -0.2) is 12.3 Å².